The summed E-state index contributed by atoms with van der Waals surface area (Å²) in [5.74, 6) is 0.511. The zero-order chi connectivity index (χ0) is 54.2. The molecular weight excluding hydrogens is 1100 g/mol. The maximum Gasteiger partial charge on any atom is 0.489 e. The number of benzene rings is 10. The molecule has 0 fully saturated rings. The Morgan fingerprint density at radius 1 is 0.359 bits per heavy atom. The monoisotopic (exact) mass is 1150 g/mol. The van der Waals surface area contributed by atoms with Gasteiger partial charge in [-0.1, -0.05) is 193 Å². The van der Waals surface area contributed by atoms with E-state index in [9.17, 15) is 20.1 Å². The van der Waals surface area contributed by atoms with E-state index >= 15 is 0 Å². The molecule has 384 valence electrons. The van der Waals surface area contributed by atoms with Gasteiger partial charge in [0.15, 0.2) is 11.2 Å². The molecule has 12 heteroatoms. The van der Waals surface area contributed by atoms with Crippen LogP contribution in [0.3, 0.4) is 0 Å². The fourth-order valence-electron chi connectivity index (χ4n) is 10.3. The van der Waals surface area contributed by atoms with Crippen LogP contribution in [0.4, 0.5) is 34.1 Å². The van der Waals surface area contributed by atoms with Gasteiger partial charge in [-0.15, -0.1) is 0 Å². The van der Waals surface area contributed by atoms with Gasteiger partial charge in [-0.2, -0.15) is 0 Å². The van der Waals surface area contributed by atoms with Gasteiger partial charge in [0.05, 0.1) is 11.4 Å². The molecule has 12 aromatic rings. The van der Waals surface area contributed by atoms with Gasteiger partial charge in [0.2, 0.25) is 0 Å². The highest BCUT2D eigenvalue weighted by Gasteiger charge is 2.30. The van der Waals surface area contributed by atoms with Crippen molar-refractivity contribution in [3.05, 3.63) is 238 Å². The molecule has 0 bridgehead atoms. The Labute approximate surface area is 471 Å². The largest absolute Gasteiger partial charge is 0.489 e. The normalized spacial score (nSPS) is 11.4. The Bertz CT molecular complexity index is 4060. The zero-order valence-corrected chi connectivity index (χ0v) is 46.5. The van der Waals surface area contributed by atoms with E-state index in [2.05, 4.69) is 172 Å². The summed E-state index contributed by atoms with van der Waals surface area (Å²) in [6.45, 7) is 8.44. The van der Waals surface area contributed by atoms with Gasteiger partial charge in [-0.25, -0.2) is 0 Å². The first kappa shape index (κ1) is 52.4. The van der Waals surface area contributed by atoms with Crippen molar-refractivity contribution >= 4 is 135 Å². The lowest BCUT2D eigenvalue weighted by Crippen LogP contribution is -2.34. The van der Waals surface area contributed by atoms with Crippen molar-refractivity contribution < 1.29 is 28.9 Å². The van der Waals surface area contributed by atoms with Crippen molar-refractivity contribution in [3.8, 4) is 22.3 Å². The third-order valence-electron chi connectivity index (χ3n) is 14.3. The van der Waals surface area contributed by atoms with Crippen LogP contribution >= 0.6 is 31.9 Å². The van der Waals surface area contributed by atoms with Crippen molar-refractivity contribution in [2.75, 3.05) is 9.80 Å². The zero-order valence-electron chi connectivity index (χ0n) is 43.3. The van der Waals surface area contributed by atoms with E-state index in [0.29, 0.717) is 33.5 Å². The molecule has 0 aliphatic rings. The molecule has 0 amide bonds. The third kappa shape index (κ3) is 10.2. The first-order valence-electron chi connectivity index (χ1n) is 25.9. The predicted molar refractivity (Wildman–Crippen MR) is 331 cm³/mol. The van der Waals surface area contributed by atoms with E-state index < -0.39 is 14.2 Å². The SMILES string of the molecule is CC(C)c1cc(B(O)O)c2c(c1)oc1c(N(c3ccccc3)c3ccc(-c4ccccc4)cc3)ccc(B(O)O)c12.CC(C)c1cc(Br)c2c(c1)oc1c(N(c3ccccc3)c3ccc(-c4ccccc4)cc3)ccc(Br)c12. The standard InChI is InChI=1S/C33H29B2NO5.C33H25Br2NO/c1-21(2)24-19-28(35(39)40)31-30(20-24)41-33-29(18-17-27(32(31)33)34(37)38)36(25-11-7-4-8-12-25)26-15-13-23(14-16-26)22-9-5-3-6-10-22;1-21(2)24-19-28(35)31-30(20-24)37-33-29(18-17-27(34)32(31)33)36(25-11-7-4-8-12-25)26-15-13-23(14-16-26)22-9-5-3-6-10-22/h3-21,37-40H,1-2H3;3-21H,1-2H3. The smallest absolute Gasteiger partial charge is 0.454 e. The number of para-hydroxylation sites is 2. The van der Waals surface area contributed by atoms with Crippen LogP contribution in [0.15, 0.2) is 236 Å². The number of nitrogens with zero attached hydrogens (tertiary/aromatic N) is 2. The molecule has 0 unspecified atom stereocenters. The average molecular weight is 1150 g/mol. The molecule has 0 saturated carbocycles. The lowest BCUT2D eigenvalue weighted by molar-refractivity contribution is 0.424. The topological polar surface area (TPSA) is 114 Å². The van der Waals surface area contributed by atoms with Crippen molar-refractivity contribution in [2.45, 2.75) is 39.5 Å². The van der Waals surface area contributed by atoms with Crippen LogP contribution in [0, 0.1) is 0 Å². The molecule has 0 aliphatic heterocycles. The minimum absolute atomic E-state index is 0.108. The molecule has 2 heterocycles. The van der Waals surface area contributed by atoms with Crippen molar-refractivity contribution in [1.29, 1.82) is 0 Å². The van der Waals surface area contributed by atoms with Crippen molar-refractivity contribution in [1.82, 2.24) is 0 Å². The number of anilines is 6. The second-order valence-corrected chi connectivity index (χ2v) is 21.6. The molecule has 0 saturated heterocycles. The number of hydrogen-bond donors (Lipinski definition) is 4. The second kappa shape index (κ2) is 22.4. The van der Waals surface area contributed by atoms with Crippen LogP contribution in [-0.4, -0.2) is 34.3 Å². The molecule has 0 aliphatic carbocycles. The number of fused-ring (bicyclic) bond motifs is 6. The molecule has 12 rings (SSSR count). The lowest BCUT2D eigenvalue weighted by atomic mass is 9.72. The molecular formula is C66H54B2Br2N2O6. The molecule has 78 heavy (non-hydrogen) atoms. The number of rotatable bonds is 12. The molecule has 2 aromatic heterocycles. The summed E-state index contributed by atoms with van der Waals surface area (Å²) in [5.41, 5.74) is 15.3. The Hall–Kier alpha value is -7.67. The molecule has 0 radical (unpaired) electrons. The van der Waals surface area contributed by atoms with E-state index in [-0.39, 0.29) is 16.8 Å². The van der Waals surface area contributed by atoms with Crippen LogP contribution in [0.1, 0.15) is 50.7 Å². The van der Waals surface area contributed by atoms with E-state index in [4.69, 9.17) is 8.83 Å². The summed E-state index contributed by atoms with van der Waals surface area (Å²) in [6.07, 6.45) is 0. The predicted octanol–water partition coefficient (Wildman–Crippen LogP) is 16.6. The number of halogens is 2. The highest BCUT2D eigenvalue weighted by Crippen LogP contribution is 2.48. The Kier molecular flexibility index (Phi) is 15.0. The number of furan rings is 2. The lowest BCUT2D eigenvalue weighted by Gasteiger charge is -2.26. The fraction of sp³-hybridized carbons (Fsp3) is 0.0909. The third-order valence-corrected chi connectivity index (χ3v) is 15.6. The number of hydrogen-bond acceptors (Lipinski definition) is 8. The Balaban J connectivity index is 0.000000166. The maximum absolute atomic E-state index is 10.4. The Morgan fingerprint density at radius 2 is 0.744 bits per heavy atom. The summed E-state index contributed by atoms with van der Waals surface area (Å²) in [7, 11) is -3.57. The van der Waals surface area contributed by atoms with Gasteiger partial charge in [0.1, 0.15) is 11.2 Å². The van der Waals surface area contributed by atoms with Crippen molar-refractivity contribution in [3.63, 3.8) is 0 Å². The van der Waals surface area contributed by atoms with Gasteiger partial charge in [0, 0.05) is 53.2 Å². The Morgan fingerprint density at radius 3 is 1.19 bits per heavy atom. The van der Waals surface area contributed by atoms with Gasteiger partial charge in [-0.3, -0.25) is 0 Å². The second-order valence-electron chi connectivity index (χ2n) is 19.9. The molecule has 0 spiro atoms. The average Bonchev–Trinajstić information content (AvgIpc) is 4.25. The van der Waals surface area contributed by atoms with Crippen LogP contribution in [-0.2, 0) is 0 Å². The minimum Gasteiger partial charge on any atom is -0.454 e. The highest BCUT2D eigenvalue weighted by atomic mass is 79.9. The van der Waals surface area contributed by atoms with E-state index in [1.54, 1.807) is 18.2 Å². The quantitative estimate of drug-likeness (QED) is 0.0895. The molecule has 10 aromatic carbocycles. The van der Waals surface area contributed by atoms with E-state index in [0.717, 1.165) is 76.0 Å². The molecule has 8 nitrogen and oxygen atoms in total. The summed E-state index contributed by atoms with van der Waals surface area (Å²) in [6, 6.07) is 73.5. The summed E-state index contributed by atoms with van der Waals surface area (Å²) in [5, 5.41) is 44.5. The van der Waals surface area contributed by atoms with Crippen LogP contribution in [0.2, 0.25) is 0 Å². The van der Waals surface area contributed by atoms with E-state index in [1.807, 2.05) is 97.6 Å². The summed E-state index contributed by atoms with van der Waals surface area (Å²) >= 11 is 7.65. The first-order valence-corrected chi connectivity index (χ1v) is 27.5. The van der Waals surface area contributed by atoms with E-state index in [1.165, 1.54) is 16.7 Å². The fourth-order valence-corrected chi connectivity index (χ4v) is 11.5. The first-order chi connectivity index (χ1) is 37.8. The van der Waals surface area contributed by atoms with Gasteiger partial charge < -0.3 is 38.7 Å². The van der Waals surface area contributed by atoms with Crippen molar-refractivity contribution in [2.24, 2.45) is 0 Å². The highest BCUT2D eigenvalue weighted by molar-refractivity contribution is 9.11. The maximum atomic E-state index is 10.4. The van der Waals surface area contributed by atoms with Crippen LogP contribution in [0.25, 0.3) is 66.1 Å². The molecule has 0 atom stereocenters. The van der Waals surface area contributed by atoms with Gasteiger partial charge in [0.25, 0.3) is 0 Å². The van der Waals surface area contributed by atoms with Crippen LogP contribution < -0.4 is 20.7 Å². The minimum atomic E-state index is -1.80. The van der Waals surface area contributed by atoms with Gasteiger partial charge in [-0.05, 0) is 141 Å². The summed E-state index contributed by atoms with van der Waals surface area (Å²) in [4.78, 5) is 4.31. The summed E-state index contributed by atoms with van der Waals surface area (Å²) < 4.78 is 15.2. The van der Waals surface area contributed by atoms with Gasteiger partial charge >= 0.3 is 14.2 Å². The van der Waals surface area contributed by atoms with Crippen LogP contribution in [0.5, 0.6) is 0 Å². The molecule has 4 N–H and O–H groups in total.